The number of nitrogens with zero attached hydrogens (tertiary/aromatic N) is 1. The highest BCUT2D eigenvalue weighted by Gasteiger charge is 2.35. The summed E-state index contributed by atoms with van der Waals surface area (Å²) >= 11 is 0. The van der Waals surface area contributed by atoms with E-state index in [4.69, 9.17) is 5.11 Å². The second kappa shape index (κ2) is 6.05. The maximum atomic E-state index is 10.9. The lowest BCUT2D eigenvalue weighted by Gasteiger charge is -2.39. The van der Waals surface area contributed by atoms with Gasteiger partial charge < -0.3 is 5.11 Å². The van der Waals surface area contributed by atoms with Gasteiger partial charge in [0.15, 0.2) is 0 Å². The molecule has 3 unspecified atom stereocenters. The minimum atomic E-state index is -0.636. The predicted octanol–water partition coefficient (Wildman–Crippen LogP) is 3.14. The molecule has 3 atom stereocenters. The smallest absolute Gasteiger partial charge is 0.304 e. The molecule has 1 aliphatic carbocycles. The number of carboxylic acids is 1. The number of likely N-dealkylation sites (tertiary alicyclic amines) is 1. The van der Waals surface area contributed by atoms with Crippen LogP contribution in [0.3, 0.4) is 0 Å². The standard InChI is InChI=1S/C15H27NO2/c1-11(2)12-5-3-6-13(9-12)16-8-4-7-14(16)10-15(17)18/h11-14H,3-10H2,1-2H3,(H,17,18). The number of hydrogen-bond donors (Lipinski definition) is 1. The molecule has 1 heterocycles. The largest absolute Gasteiger partial charge is 0.481 e. The quantitative estimate of drug-likeness (QED) is 0.836. The number of carbonyl (C=O) groups is 1. The van der Waals surface area contributed by atoms with Crippen molar-refractivity contribution in [2.45, 2.75) is 70.9 Å². The summed E-state index contributed by atoms with van der Waals surface area (Å²) in [6.45, 7) is 5.77. The van der Waals surface area contributed by atoms with E-state index in [0.717, 1.165) is 24.8 Å². The van der Waals surface area contributed by atoms with Crippen LogP contribution in [0.2, 0.25) is 0 Å². The molecule has 3 nitrogen and oxygen atoms in total. The van der Waals surface area contributed by atoms with Gasteiger partial charge in [0.2, 0.25) is 0 Å². The second-order valence-corrected chi connectivity index (χ2v) is 6.46. The van der Waals surface area contributed by atoms with Crippen molar-refractivity contribution in [3.8, 4) is 0 Å². The molecule has 104 valence electrons. The van der Waals surface area contributed by atoms with E-state index in [0.29, 0.717) is 18.5 Å². The van der Waals surface area contributed by atoms with Crippen molar-refractivity contribution in [1.82, 2.24) is 4.90 Å². The molecular weight excluding hydrogens is 226 g/mol. The van der Waals surface area contributed by atoms with E-state index >= 15 is 0 Å². The maximum Gasteiger partial charge on any atom is 0.304 e. The fourth-order valence-electron chi connectivity index (χ4n) is 3.87. The van der Waals surface area contributed by atoms with Gasteiger partial charge in [0, 0.05) is 12.1 Å². The molecule has 18 heavy (non-hydrogen) atoms. The van der Waals surface area contributed by atoms with Crippen molar-refractivity contribution in [2.24, 2.45) is 11.8 Å². The minimum Gasteiger partial charge on any atom is -0.481 e. The lowest BCUT2D eigenvalue weighted by molar-refractivity contribution is -0.138. The summed E-state index contributed by atoms with van der Waals surface area (Å²) in [5.74, 6) is 0.978. The van der Waals surface area contributed by atoms with Crippen LogP contribution in [0.1, 0.15) is 58.8 Å². The van der Waals surface area contributed by atoms with E-state index in [-0.39, 0.29) is 0 Å². The third-order valence-electron chi connectivity index (χ3n) is 4.93. The number of rotatable bonds is 4. The van der Waals surface area contributed by atoms with Crippen LogP contribution in [-0.4, -0.2) is 34.6 Å². The monoisotopic (exact) mass is 253 g/mol. The van der Waals surface area contributed by atoms with Crippen LogP contribution >= 0.6 is 0 Å². The van der Waals surface area contributed by atoms with Crippen LogP contribution in [0.25, 0.3) is 0 Å². The first-order chi connectivity index (χ1) is 8.58. The zero-order valence-corrected chi connectivity index (χ0v) is 11.8. The molecule has 0 aromatic heterocycles. The summed E-state index contributed by atoms with van der Waals surface area (Å²) in [6, 6.07) is 0.955. The highest BCUT2D eigenvalue weighted by atomic mass is 16.4. The molecule has 1 saturated heterocycles. The summed E-state index contributed by atoms with van der Waals surface area (Å²) in [4.78, 5) is 13.4. The Balaban J connectivity index is 1.94. The molecule has 2 aliphatic rings. The van der Waals surface area contributed by atoms with E-state index in [1.54, 1.807) is 0 Å². The van der Waals surface area contributed by atoms with Gasteiger partial charge in [-0.15, -0.1) is 0 Å². The van der Waals surface area contributed by atoms with Crippen LogP contribution < -0.4 is 0 Å². The zero-order valence-electron chi connectivity index (χ0n) is 11.8. The van der Waals surface area contributed by atoms with Crippen LogP contribution in [0.5, 0.6) is 0 Å². The molecule has 2 fully saturated rings. The number of aliphatic carboxylic acids is 1. The molecule has 0 bridgehead atoms. The van der Waals surface area contributed by atoms with Crippen LogP contribution in [0.4, 0.5) is 0 Å². The van der Waals surface area contributed by atoms with Gasteiger partial charge in [0.1, 0.15) is 0 Å². The van der Waals surface area contributed by atoms with Gasteiger partial charge in [0.25, 0.3) is 0 Å². The number of hydrogen-bond acceptors (Lipinski definition) is 2. The SMILES string of the molecule is CC(C)C1CCCC(N2CCCC2CC(=O)O)C1. The summed E-state index contributed by atoms with van der Waals surface area (Å²) in [5, 5.41) is 9.00. The van der Waals surface area contributed by atoms with Gasteiger partial charge in [-0.2, -0.15) is 0 Å². The van der Waals surface area contributed by atoms with Crippen molar-refractivity contribution in [1.29, 1.82) is 0 Å². The average Bonchev–Trinajstić information content (AvgIpc) is 2.76. The Morgan fingerprint density at radius 1 is 1.28 bits per heavy atom. The molecule has 0 aromatic rings. The summed E-state index contributed by atoms with van der Waals surface area (Å²) in [7, 11) is 0. The van der Waals surface area contributed by atoms with Gasteiger partial charge in [-0.05, 0) is 44.1 Å². The molecule has 1 N–H and O–H groups in total. The Hall–Kier alpha value is -0.570. The third-order valence-corrected chi connectivity index (χ3v) is 4.93. The molecule has 2 rings (SSSR count). The Labute approximate surface area is 111 Å². The van der Waals surface area contributed by atoms with E-state index < -0.39 is 5.97 Å². The predicted molar refractivity (Wildman–Crippen MR) is 72.6 cm³/mol. The van der Waals surface area contributed by atoms with Gasteiger partial charge >= 0.3 is 5.97 Å². The molecule has 1 saturated carbocycles. The van der Waals surface area contributed by atoms with E-state index in [2.05, 4.69) is 18.7 Å². The lowest BCUT2D eigenvalue weighted by Crippen LogP contribution is -2.43. The maximum absolute atomic E-state index is 10.9. The van der Waals surface area contributed by atoms with Crippen molar-refractivity contribution in [3.63, 3.8) is 0 Å². The fraction of sp³-hybridized carbons (Fsp3) is 0.933. The van der Waals surface area contributed by atoms with Crippen LogP contribution in [-0.2, 0) is 4.79 Å². The Morgan fingerprint density at radius 3 is 2.72 bits per heavy atom. The second-order valence-electron chi connectivity index (χ2n) is 6.46. The highest BCUT2D eigenvalue weighted by molar-refractivity contribution is 5.67. The first-order valence-electron chi connectivity index (χ1n) is 7.55. The topological polar surface area (TPSA) is 40.5 Å². The summed E-state index contributed by atoms with van der Waals surface area (Å²) in [6.07, 6.45) is 7.85. The van der Waals surface area contributed by atoms with Crippen molar-refractivity contribution < 1.29 is 9.90 Å². The molecule has 3 heteroatoms. The Bertz CT molecular complexity index is 290. The molecule has 0 aromatic carbocycles. The van der Waals surface area contributed by atoms with Gasteiger partial charge in [-0.3, -0.25) is 9.69 Å². The molecule has 0 radical (unpaired) electrons. The Kier molecular flexibility index (Phi) is 4.66. The van der Waals surface area contributed by atoms with E-state index in [1.165, 1.54) is 32.1 Å². The summed E-state index contributed by atoms with van der Waals surface area (Å²) in [5.41, 5.74) is 0. The van der Waals surface area contributed by atoms with Crippen molar-refractivity contribution in [3.05, 3.63) is 0 Å². The van der Waals surface area contributed by atoms with Gasteiger partial charge in [-0.1, -0.05) is 26.7 Å². The minimum absolute atomic E-state index is 0.304. The highest BCUT2D eigenvalue weighted by Crippen LogP contribution is 2.35. The molecule has 1 aliphatic heterocycles. The first kappa shape index (κ1) is 13.9. The molecule has 0 spiro atoms. The fourth-order valence-corrected chi connectivity index (χ4v) is 3.87. The third kappa shape index (κ3) is 3.25. The summed E-state index contributed by atoms with van der Waals surface area (Å²) < 4.78 is 0. The van der Waals surface area contributed by atoms with Crippen molar-refractivity contribution >= 4 is 5.97 Å². The molecule has 0 amide bonds. The van der Waals surface area contributed by atoms with Gasteiger partial charge in [-0.25, -0.2) is 0 Å². The Morgan fingerprint density at radius 2 is 2.06 bits per heavy atom. The normalized spacial score (nSPS) is 34.1. The first-order valence-corrected chi connectivity index (χ1v) is 7.55. The zero-order chi connectivity index (χ0) is 13.1. The van der Waals surface area contributed by atoms with Crippen molar-refractivity contribution in [2.75, 3.05) is 6.54 Å². The number of carboxylic acid groups (broad SMARTS) is 1. The average molecular weight is 253 g/mol. The van der Waals surface area contributed by atoms with E-state index in [1.807, 2.05) is 0 Å². The van der Waals surface area contributed by atoms with Crippen LogP contribution in [0.15, 0.2) is 0 Å². The lowest BCUT2D eigenvalue weighted by atomic mass is 9.78. The van der Waals surface area contributed by atoms with Gasteiger partial charge in [0.05, 0.1) is 6.42 Å². The molecular formula is C15H27NO2. The van der Waals surface area contributed by atoms with Crippen LogP contribution in [0, 0.1) is 11.8 Å². The van der Waals surface area contributed by atoms with E-state index in [9.17, 15) is 4.79 Å².